The van der Waals surface area contributed by atoms with Crippen molar-refractivity contribution in [1.29, 1.82) is 0 Å². The molecule has 2 fully saturated rings. The molecular formula is C17H21FN2O3. The molecule has 0 radical (unpaired) electrons. The van der Waals surface area contributed by atoms with Gasteiger partial charge in [0.2, 0.25) is 11.8 Å². The third-order valence-corrected chi connectivity index (χ3v) is 4.84. The Hall–Kier alpha value is -1.95. The van der Waals surface area contributed by atoms with E-state index in [0.29, 0.717) is 17.9 Å². The summed E-state index contributed by atoms with van der Waals surface area (Å²) >= 11 is 0. The van der Waals surface area contributed by atoms with Crippen LogP contribution in [0.5, 0.6) is 0 Å². The Bertz CT molecular complexity index is 612. The second-order valence-electron chi connectivity index (χ2n) is 6.32. The minimum absolute atomic E-state index is 0.205. The molecule has 2 heterocycles. The lowest BCUT2D eigenvalue weighted by Gasteiger charge is -2.33. The first kappa shape index (κ1) is 15.9. The van der Waals surface area contributed by atoms with E-state index < -0.39 is 17.6 Å². The molecule has 1 unspecified atom stereocenters. The number of nitrogens with one attached hydrogen (secondary N) is 1. The highest BCUT2D eigenvalue weighted by Gasteiger charge is 2.30. The Balaban J connectivity index is 1.73. The molecule has 1 aromatic rings. The van der Waals surface area contributed by atoms with Crippen molar-refractivity contribution in [3.8, 4) is 0 Å². The van der Waals surface area contributed by atoms with Crippen LogP contribution in [0.2, 0.25) is 0 Å². The average molecular weight is 320 g/mol. The van der Waals surface area contributed by atoms with Gasteiger partial charge in [-0.2, -0.15) is 0 Å². The van der Waals surface area contributed by atoms with Gasteiger partial charge in [-0.15, -0.1) is 0 Å². The molecule has 0 spiro atoms. The smallest absolute Gasteiger partial charge is 0.234 e. The minimum Gasteiger partial charge on any atom is -0.396 e. The lowest BCUT2D eigenvalue weighted by molar-refractivity contribution is -0.134. The molecule has 6 heteroatoms. The molecule has 2 amide bonds. The topological polar surface area (TPSA) is 69.6 Å². The number of amides is 2. The van der Waals surface area contributed by atoms with Crippen LogP contribution in [0.4, 0.5) is 10.1 Å². The fraction of sp³-hybridized carbons (Fsp3) is 0.529. The second-order valence-corrected chi connectivity index (χ2v) is 6.32. The van der Waals surface area contributed by atoms with E-state index in [1.165, 1.54) is 6.07 Å². The van der Waals surface area contributed by atoms with Crippen molar-refractivity contribution in [2.45, 2.75) is 31.6 Å². The van der Waals surface area contributed by atoms with Crippen LogP contribution in [0, 0.1) is 11.7 Å². The Morgan fingerprint density at radius 2 is 1.96 bits per heavy atom. The monoisotopic (exact) mass is 320 g/mol. The van der Waals surface area contributed by atoms with Gasteiger partial charge in [0.25, 0.3) is 0 Å². The van der Waals surface area contributed by atoms with Crippen molar-refractivity contribution in [3.63, 3.8) is 0 Å². The maximum Gasteiger partial charge on any atom is 0.234 e. The molecule has 2 aliphatic rings. The highest BCUT2D eigenvalue weighted by Crippen LogP contribution is 2.30. The van der Waals surface area contributed by atoms with E-state index in [1.807, 2.05) is 6.07 Å². The molecule has 124 valence electrons. The number of halogens is 1. The number of benzene rings is 1. The van der Waals surface area contributed by atoms with Crippen LogP contribution >= 0.6 is 0 Å². The molecule has 1 aromatic carbocycles. The number of hydrogen-bond donors (Lipinski definition) is 2. The Kier molecular flexibility index (Phi) is 4.61. The summed E-state index contributed by atoms with van der Waals surface area (Å²) in [6, 6.07) is 4.96. The fourth-order valence-corrected chi connectivity index (χ4v) is 3.36. The number of rotatable bonds is 3. The molecule has 3 rings (SSSR count). The zero-order valence-corrected chi connectivity index (χ0v) is 12.9. The number of carbonyl (C=O) groups is 2. The largest absolute Gasteiger partial charge is 0.396 e. The zero-order chi connectivity index (χ0) is 16.4. The number of aliphatic hydroxyl groups excluding tert-OH is 1. The predicted octanol–water partition coefficient (Wildman–Crippen LogP) is 1.55. The van der Waals surface area contributed by atoms with E-state index in [0.717, 1.165) is 31.6 Å². The molecule has 0 saturated carbocycles. The van der Waals surface area contributed by atoms with Crippen LogP contribution in [0.3, 0.4) is 0 Å². The maximum absolute atomic E-state index is 14.5. The summed E-state index contributed by atoms with van der Waals surface area (Å²) < 4.78 is 14.5. The molecular weight excluding hydrogens is 299 g/mol. The summed E-state index contributed by atoms with van der Waals surface area (Å²) in [7, 11) is 0. The predicted molar refractivity (Wildman–Crippen MR) is 83.5 cm³/mol. The average Bonchev–Trinajstić information content (AvgIpc) is 2.55. The first-order valence-corrected chi connectivity index (χ1v) is 8.07. The van der Waals surface area contributed by atoms with Crippen LogP contribution in [0.15, 0.2) is 18.2 Å². The number of nitrogens with zero attached hydrogens (tertiary/aromatic N) is 1. The van der Waals surface area contributed by atoms with Gasteiger partial charge < -0.3 is 10.0 Å². The molecule has 0 aliphatic carbocycles. The Morgan fingerprint density at radius 3 is 2.57 bits per heavy atom. The van der Waals surface area contributed by atoms with Crippen molar-refractivity contribution in [2.24, 2.45) is 5.92 Å². The zero-order valence-electron chi connectivity index (χ0n) is 12.9. The van der Waals surface area contributed by atoms with Crippen molar-refractivity contribution >= 4 is 17.5 Å². The van der Waals surface area contributed by atoms with Gasteiger partial charge in [0.05, 0.1) is 5.92 Å². The van der Waals surface area contributed by atoms with Crippen LogP contribution < -0.4 is 10.2 Å². The first-order valence-electron chi connectivity index (χ1n) is 8.07. The van der Waals surface area contributed by atoms with Gasteiger partial charge in [0.15, 0.2) is 0 Å². The Labute approximate surface area is 134 Å². The van der Waals surface area contributed by atoms with Gasteiger partial charge in [-0.3, -0.25) is 14.9 Å². The molecule has 1 atom stereocenters. The summed E-state index contributed by atoms with van der Waals surface area (Å²) in [5, 5.41) is 11.4. The fourth-order valence-electron chi connectivity index (χ4n) is 3.36. The molecule has 5 nitrogen and oxygen atoms in total. The second kappa shape index (κ2) is 6.66. The van der Waals surface area contributed by atoms with Crippen LogP contribution in [0.25, 0.3) is 0 Å². The quantitative estimate of drug-likeness (QED) is 0.829. The van der Waals surface area contributed by atoms with Crippen LogP contribution in [-0.2, 0) is 9.59 Å². The lowest BCUT2D eigenvalue weighted by atomic mass is 9.89. The summed E-state index contributed by atoms with van der Waals surface area (Å²) in [5.41, 5.74) is 1.15. The third kappa shape index (κ3) is 3.37. The molecule has 23 heavy (non-hydrogen) atoms. The molecule has 0 bridgehead atoms. The molecule has 0 aromatic heterocycles. The Morgan fingerprint density at radius 1 is 1.22 bits per heavy atom. The maximum atomic E-state index is 14.5. The van der Waals surface area contributed by atoms with Gasteiger partial charge in [0.1, 0.15) is 5.82 Å². The first-order chi connectivity index (χ1) is 11.1. The van der Waals surface area contributed by atoms with E-state index in [-0.39, 0.29) is 18.9 Å². The summed E-state index contributed by atoms with van der Waals surface area (Å²) in [4.78, 5) is 25.2. The van der Waals surface area contributed by atoms with Crippen molar-refractivity contribution in [2.75, 3.05) is 24.6 Å². The van der Waals surface area contributed by atoms with Crippen molar-refractivity contribution in [3.05, 3.63) is 29.6 Å². The van der Waals surface area contributed by atoms with Crippen molar-refractivity contribution < 1.29 is 19.1 Å². The SMILES string of the molecule is O=C1CCC(c2ccc(N3CCC(CO)CC3)cc2F)C(=O)N1. The van der Waals surface area contributed by atoms with Crippen LogP contribution in [0.1, 0.15) is 37.2 Å². The van der Waals surface area contributed by atoms with E-state index in [1.54, 1.807) is 6.07 Å². The van der Waals surface area contributed by atoms with E-state index in [4.69, 9.17) is 0 Å². The highest BCUT2D eigenvalue weighted by atomic mass is 19.1. The van der Waals surface area contributed by atoms with E-state index in [9.17, 15) is 19.1 Å². The van der Waals surface area contributed by atoms with Gasteiger partial charge in [-0.05, 0) is 37.3 Å². The van der Waals surface area contributed by atoms with E-state index in [2.05, 4.69) is 10.2 Å². The summed E-state index contributed by atoms with van der Waals surface area (Å²) in [6.45, 7) is 1.79. The summed E-state index contributed by atoms with van der Waals surface area (Å²) in [5.74, 6) is -1.38. The van der Waals surface area contributed by atoms with E-state index >= 15 is 0 Å². The number of imide groups is 1. The van der Waals surface area contributed by atoms with Gasteiger partial charge in [0, 0.05) is 37.4 Å². The lowest BCUT2D eigenvalue weighted by Crippen LogP contribution is -2.39. The minimum atomic E-state index is -0.595. The summed E-state index contributed by atoms with van der Waals surface area (Å²) in [6.07, 6.45) is 2.38. The van der Waals surface area contributed by atoms with Crippen molar-refractivity contribution in [1.82, 2.24) is 5.32 Å². The molecule has 2 saturated heterocycles. The highest BCUT2D eigenvalue weighted by molar-refractivity contribution is 6.00. The normalized spacial score (nSPS) is 23.0. The number of anilines is 1. The third-order valence-electron chi connectivity index (χ3n) is 4.84. The number of piperidine rings is 2. The standard InChI is InChI=1S/C17H21FN2O3/c18-15-9-12(20-7-5-11(10-21)6-8-20)1-2-13(15)14-3-4-16(22)19-17(14)23/h1-2,9,11,14,21H,3-8,10H2,(H,19,22,23). The molecule has 2 aliphatic heterocycles. The van der Waals surface area contributed by atoms with Crippen LogP contribution in [-0.4, -0.2) is 36.6 Å². The number of hydrogen-bond acceptors (Lipinski definition) is 4. The van der Waals surface area contributed by atoms with Gasteiger partial charge >= 0.3 is 0 Å². The number of carbonyl (C=O) groups excluding carboxylic acids is 2. The molecule has 2 N–H and O–H groups in total. The van der Waals surface area contributed by atoms with Gasteiger partial charge in [-0.25, -0.2) is 4.39 Å². The number of aliphatic hydroxyl groups is 1. The van der Waals surface area contributed by atoms with Gasteiger partial charge in [-0.1, -0.05) is 6.07 Å².